The summed E-state index contributed by atoms with van der Waals surface area (Å²) in [7, 11) is 1.88. The number of rotatable bonds is 1. The van der Waals surface area contributed by atoms with Crippen LogP contribution in [0.25, 0.3) is 0 Å². The number of hydrogen-bond donors (Lipinski definition) is 1. The summed E-state index contributed by atoms with van der Waals surface area (Å²) in [5.41, 5.74) is 0. The van der Waals surface area contributed by atoms with E-state index in [0.29, 0.717) is 12.6 Å². The van der Waals surface area contributed by atoms with Crippen molar-refractivity contribution < 1.29 is 4.79 Å². The molecule has 2 heterocycles. The monoisotopic (exact) mass is 183 g/mol. The Hall–Kier alpha value is -0.610. The van der Waals surface area contributed by atoms with Crippen LogP contribution >= 0.6 is 0 Å². The van der Waals surface area contributed by atoms with Gasteiger partial charge >= 0.3 is 0 Å². The van der Waals surface area contributed by atoms with Gasteiger partial charge in [-0.15, -0.1) is 0 Å². The van der Waals surface area contributed by atoms with E-state index in [4.69, 9.17) is 0 Å². The van der Waals surface area contributed by atoms with E-state index in [2.05, 4.69) is 10.2 Å². The molecule has 1 N–H and O–H groups in total. The molecule has 2 rings (SSSR count). The van der Waals surface area contributed by atoms with E-state index in [9.17, 15) is 4.79 Å². The Morgan fingerprint density at radius 2 is 2.31 bits per heavy atom. The van der Waals surface area contributed by atoms with Crippen molar-refractivity contribution in [1.82, 2.24) is 15.1 Å². The van der Waals surface area contributed by atoms with Crippen LogP contribution in [0.3, 0.4) is 0 Å². The van der Waals surface area contributed by atoms with Crippen LogP contribution in [0.4, 0.5) is 0 Å². The molecule has 4 heteroatoms. The fraction of sp³-hybridized carbons (Fsp3) is 0.889. The lowest BCUT2D eigenvalue weighted by Gasteiger charge is -2.35. The Bertz CT molecular complexity index is 201. The molecule has 0 spiro atoms. The molecule has 0 aromatic heterocycles. The summed E-state index contributed by atoms with van der Waals surface area (Å²) in [6.07, 6.45) is 1.19. The standard InChI is InChI=1S/C9H17N3O/c1-11-4-5-12(7-9(11)13)8-2-3-10-6-8/h8,10H,2-7H2,1H3/t8-/m1/s1. The average Bonchev–Trinajstić information content (AvgIpc) is 2.62. The molecule has 2 saturated heterocycles. The predicted molar refractivity (Wildman–Crippen MR) is 50.5 cm³/mol. The highest BCUT2D eigenvalue weighted by Gasteiger charge is 2.28. The summed E-state index contributed by atoms with van der Waals surface area (Å²) in [4.78, 5) is 15.6. The van der Waals surface area contributed by atoms with Crippen molar-refractivity contribution >= 4 is 5.91 Å². The maximum absolute atomic E-state index is 11.4. The molecule has 0 aromatic rings. The number of likely N-dealkylation sites (N-methyl/N-ethyl adjacent to an activating group) is 1. The minimum absolute atomic E-state index is 0.262. The number of piperazine rings is 1. The van der Waals surface area contributed by atoms with E-state index < -0.39 is 0 Å². The van der Waals surface area contributed by atoms with Crippen LogP contribution in [0.2, 0.25) is 0 Å². The fourth-order valence-electron chi connectivity index (χ4n) is 2.04. The first kappa shape index (κ1) is 8.97. The topological polar surface area (TPSA) is 35.6 Å². The second-order valence-electron chi connectivity index (χ2n) is 3.93. The highest BCUT2D eigenvalue weighted by Crippen LogP contribution is 2.11. The van der Waals surface area contributed by atoms with E-state index in [-0.39, 0.29) is 5.91 Å². The van der Waals surface area contributed by atoms with Gasteiger partial charge in [-0.25, -0.2) is 0 Å². The highest BCUT2D eigenvalue weighted by atomic mass is 16.2. The lowest BCUT2D eigenvalue weighted by molar-refractivity contribution is -0.135. The molecule has 0 unspecified atom stereocenters. The number of carbonyl (C=O) groups is 1. The molecule has 1 atom stereocenters. The van der Waals surface area contributed by atoms with Crippen LogP contribution < -0.4 is 5.32 Å². The lowest BCUT2D eigenvalue weighted by atomic mass is 10.2. The number of nitrogens with zero attached hydrogens (tertiary/aromatic N) is 2. The van der Waals surface area contributed by atoms with Gasteiger partial charge in [-0.1, -0.05) is 0 Å². The minimum atomic E-state index is 0.262. The van der Waals surface area contributed by atoms with E-state index in [1.807, 2.05) is 11.9 Å². The molecule has 0 bridgehead atoms. The van der Waals surface area contributed by atoms with E-state index in [1.165, 1.54) is 6.42 Å². The van der Waals surface area contributed by atoms with Crippen molar-refractivity contribution in [1.29, 1.82) is 0 Å². The van der Waals surface area contributed by atoms with Crippen LogP contribution in [0, 0.1) is 0 Å². The molecule has 74 valence electrons. The normalized spacial score (nSPS) is 31.3. The van der Waals surface area contributed by atoms with Crippen molar-refractivity contribution in [3.05, 3.63) is 0 Å². The quantitative estimate of drug-likeness (QED) is 0.573. The summed E-state index contributed by atoms with van der Waals surface area (Å²) in [6, 6.07) is 0.595. The Balaban J connectivity index is 1.90. The van der Waals surface area contributed by atoms with Crippen molar-refractivity contribution in [2.24, 2.45) is 0 Å². The molecule has 0 radical (unpaired) electrons. The number of amides is 1. The van der Waals surface area contributed by atoms with Crippen molar-refractivity contribution in [2.45, 2.75) is 12.5 Å². The Kier molecular flexibility index (Phi) is 2.51. The van der Waals surface area contributed by atoms with Gasteiger partial charge in [-0.05, 0) is 13.0 Å². The largest absolute Gasteiger partial charge is 0.343 e. The van der Waals surface area contributed by atoms with E-state index in [0.717, 1.165) is 26.2 Å². The molecular weight excluding hydrogens is 166 g/mol. The van der Waals surface area contributed by atoms with Gasteiger partial charge in [0.1, 0.15) is 0 Å². The summed E-state index contributed by atoms with van der Waals surface area (Å²) >= 11 is 0. The second-order valence-corrected chi connectivity index (χ2v) is 3.93. The molecule has 0 saturated carbocycles. The molecular formula is C9H17N3O. The van der Waals surface area contributed by atoms with Gasteiger partial charge < -0.3 is 10.2 Å². The van der Waals surface area contributed by atoms with Gasteiger partial charge in [0, 0.05) is 32.7 Å². The maximum atomic E-state index is 11.4. The molecule has 0 aromatic carbocycles. The third kappa shape index (κ3) is 1.84. The first-order valence-electron chi connectivity index (χ1n) is 4.96. The van der Waals surface area contributed by atoms with Crippen molar-refractivity contribution in [3.8, 4) is 0 Å². The summed E-state index contributed by atoms with van der Waals surface area (Å²) in [5, 5.41) is 3.33. The molecule has 13 heavy (non-hydrogen) atoms. The molecule has 1 amide bonds. The second kappa shape index (κ2) is 3.64. The highest BCUT2D eigenvalue weighted by molar-refractivity contribution is 5.78. The number of hydrogen-bond acceptors (Lipinski definition) is 3. The Labute approximate surface area is 78.9 Å². The third-order valence-corrected chi connectivity index (χ3v) is 3.04. The minimum Gasteiger partial charge on any atom is -0.343 e. The first-order chi connectivity index (χ1) is 6.27. The van der Waals surface area contributed by atoms with Crippen LogP contribution in [-0.2, 0) is 4.79 Å². The number of nitrogens with one attached hydrogen (secondary N) is 1. The van der Waals surface area contributed by atoms with Gasteiger partial charge in [0.2, 0.25) is 5.91 Å². The smallest absolute Gasteiger partial charge is 0.236 e. The Morgan fingerprint density at radius 1 is 1.46 bits per heavy atom. The third-order valence-electron chi connectivity index (χ3n) is 3.04. The summed E-state index contributed by atoms with van der Waals surface area (Å²) in [5.74, 6) is 0.262. The lowest BCUT2D eigenvalue weighted by Crippen LogP contribution is -2.52. The van der Waals surface area contributed by atoms with Gasteiger partial charge in [-0.3, -0.25) is 9.69 Å². The summed E-state index contributed by atoms with van der Waals surface area (Å²) in [6.45, 7) is 4.69. The van der Waals surface area contributed by atoms with E-state index >= 15 is 0 Å². The van der Waals surface area contributed by atoms with Crippen molar-refractivity contribution in [3.63, 3.8) is 0 Å². The van der Waals surface area contributed by atoms with Crippen LogP contribution in [-0.4, -0.2) is 61.5 Å². The van der Waals surface area contributed by atoms with Gasteiger partial charge in [-0.2, -0.15) is 0 Å². The van der Waals surface area contributed by atoms with Crippen molar-refractivity contribution in [2.75, 3.05) is 39.8 Å². The number of carbonyl (C=O) groups excluding carboxylic acids is 1. The molecule has 2 aliphatic rings. The first-order valence-corrected chi connectivity index (χ1v) is 4.96. The average molecular weight is 183 g/mol. The van der Waals surface area contributed by atoms with E-state index in [1.54, 1.807) is 0 Å². The molecule has 0 aliphatic carbocycles. The van der Waals surface area contributed by atoms with Crippen LogP contribution in [0.1, 0.15) is 6.42 Å². The fourth-order valence-corrected chi connectivity index (χ4v) is 2.04. The molecule has 2 aliphatic heterocycles. The van der Waals surface area contributed by atoms with Crippen LogP contribution in [0.5, 0.6) is 0 Å². The summed E-state index contributed by atoms with van der Waals surface area (Å²) < 4.78 is 0. The zero-order valence-corrected chi connectivity index (χ0v) is 8.12. The van der Waals surface area contributed by atoms with Crippen LogP contribution in [0.15, 0.2) is 0 Å². The predicted octanol–water partition coefficient (Wildman–Crippen LogP) is -0.878. The van der Waals surface area contributed by atoms with Gasteiger partial charge in [0.25, 0.3) is 0 Å². The molecule has 4 nitrogen and oxygen atoms in total. The zero-order chi connectivity index (χ0) is 9.26. The Morgan fingerprint density at radius 3 is 2.92 bits per heavy atom. The zero-order valence-electron chi connectivity index (χ0n) is 8.12. The molecule has 2 fully saturated rings. The maximum Gasteiger partial charge on any atom is 0.236 e. The SMILES string of the molecule is CN1CCN([C@@H]2CCNC2)CC1=O. The van der Waals surface area contributed by atoms with Gasteiger partial charge in [0.15, 0.2) is 0 Å². The van der Waals surface area contributed by atoms with Gasteiger partial charge in [0.05, 0.1) is 6.54 Å².